The lowest BCUT2D eigenvalue weighted by atomic mass is 10.2. The lowest BCUT2D eigenvalue weighted by Gasteiger charge is -2.06. The molecule has 0 fully saturated rings. The number of halogens is 2. The van der Waals surface area contributed by atoms with Gasteiger partial charge in [0.05, 0.1) is 0 Å². The Labute approximate surface area is 215 Å². The van der Waals surface area contributed by atoms with E-state index in [1.165, 1.54) is 12.8 Å². The molecule has 0 aliphatic rings. The molecule has 0 N–H and O–H groups in total. The Morgan fingerprint density at radius 3 is 1.06 bits per heavy atom. The standard InChI is InChI=1S/2C11H16I.2C2H4O2/c2*1-4-11(2,3)12-10-8-6-5-7-9-10;2*1-2(3)4/h2*5-9H,4H2,1-3H3;2*1H3,(H,3,4)/q2*+1;;/p-2. The van der Waals surface area contributed by atoms with Crippen molar-refractivity contribution in [2.24, 2.45) is 0 Å². The molecule has 0 saturated heterocycles. The summed E-state index contributed by atoms with van der Waals surface area (Å²) in [6.07, 6.45) is 2.57. The van der Waals surface area contributed by atoms with Crippen molar-refractivity contribution >= 4 is 11.9 Å². The molecule has 0 unspecified atom stereocenters. The largest absolute Gasteiger partial charge is 0.550 e. The summed E-state index contributed by atoms with van der Waals surface area (Å²) in [4.78, 5) is 17.8. The van der Waals surface area contributed by atoms with Gasteiger partial charge in [-0.3, -0.25) is 0 Å². The van der Waals surface area contributed by atoms with Gasteiger partial charge in [0.15, 0.2) is 14.0 Å². The number of alkyl halides is 2. The second-order valence-corrected chi connectivity index (χ2v) is 17.3. The zero-order chi connectivity index (χ0) is 25.2. The van der Waals surface area contributed by atoms with Crippen LogP contribution in [-0.2, 0) is 9.59 Å². The van der Waals surface area contributed by atoms with Gasteiger partial charge in [-0.15, -0.1) is 0 Å². The van der Waals surface area contributed by atoms with E-state index in [9.17, 15) is 0 Å². The Morgan fingerprint density at radius 1 is 0.656 bits per heavy atom. The number of benzene rings is 2. The predicted molar refractivity (Wildman–Crippen MR) is 120 cm³/mol. The summed E-state index contributed by atoms with van der Waals surface area (Å²) in [6, 6.07) is 21.8. The van der Waals surface area contributed by atoms with Crippen molar-refractivity contribution in [2.75, 3.05) is 0 Å². The molecule has 0 aliphatic heterocycles. The molecule has 0 bridgehead atoms. The van der Waals surface area contributed by atoms with E-state index in [-0.39, 0.29) is 42.4 Å². The van der Waals surface area contributed by atoms with Crippen LogP contribution in [0, 0.1) is 7.14 Å². The third-order valence-corrected chi connectivity index (χ3v) is 11.0. The smallest absolute Gasteiger partial charge is 0.319 e. The fourth-order valence-electron chi connectivity index (χ4n) is 1.68. The molecule has 6 heteroatoms. The van der Waals surface area contributed by atoms with E-state index in [1.54, 1.807) is 7.14 Å². The number of carbonyl (C=O) groups is 2. The number of carboxylic acid groups (broad SMARTS) is 2. The van der Waals surface area contributed by atoms with Gasteiger partial charge >= 0.3 is 42.4 Å². The van der Waals surface area contributed by atoms with Gasteiger partial charge in [0.25, 0.3) is 0 Å². The van der Waals surface area contributed by atoms with Gasteiger partial charge in [-0.2, -0.15) is 0 Å². The summed E-state index contributed by atoms with van der Waals surface area (Å²) in [5.41, 5.74) is 0. The van der Waals surface area contributed by atoms with Gasteiger partial charge in [0.1, 0.15) is 0 Å². The first-order chi connectivity index (χ1) is 14.7. The zero-order valence-electron chi connectivity index (χ0n) is 20.6. The van der Waals surface area contributed by atoms with Crippen LogP contribution in [-0.4, -0.2) is 18.8 Å². The van der Waals surface area contributed by atoms with Crippen LogP contribution in [0.25, 0.3) is 0 Å². The SMILES string of the molecule is CC(=O)[O-].CC(=O)[O-].CCC(C)(C)[I+]c1ccccc1.CCC(C)(C)[I+]c1ccccc1. The van der Waals surface area contributed by atoms with Gasteiger partial charge in [-0.25, -0.2) is 0 Å². The Balaban J connectivity index is 0. The highest BCUT2D eigenvalue weighted by atomic mass is 127. The van der Waals surface area contributed by atoms with Gasteiger partial charge < -0.3 is 19.8 Å². The maximum absolute atomic E-state index is 8.89. The van der Waals surface area contributed by atoms with Gasteiger partial charge in [-0.1, -0.05) is 50.2 Å². The molecule has 0 spiro atoms. The van der Waals surface area contributed by atoms with E-state index in [0.29, 0.717) is 6.84 Å². The fourth-order valence-corrected chi connectivity index (χ4v) is 7.36. The lowest BCUT2D eigenvalue weighted by molar-refractivity contribution is -0.696. The Hall–Kier alpha value is -1.16. The van der Waals surface area contributed by atoms with E-state index in [4.69, 9.17) is 19.8 Å². The Kier molecular flexibility index (Phi) is 18.9. The molecule has 0 atom stereocenters. The number of hydrogen-bond acceptors (Lipinski definition) is 4. The molecule has 0 radical (unpaired) electrons. The third kappa shape index (κ3) is 23.5. The van der Waals surface area contributed by atoms with E-state index in [1.807, 2.05) is 0 Å². The first-order valence-electron chi connectivity index (χ1n) is 10.5. The molecule has 2 aromatic rings. The highest BCUT2D eigenvalue weighted by molar-refractivity contribution is 5.60. The minimum Gasteiger partial charge on any atom is -0.550 e. The van der Waals surface area contributed by atoms with Crippen LogP contribution in [0.2, 0.25) is 0 Å². The van der Waals surface area contributed by atoms with Crippen LogP contribution >= 0.6 is 0 Å². The monoisotopic (exact) mass is 668 g/mol. The van der Waals surface area contributed by atoms with Crippen molar-refractivity contribution in [3.63, 3.8) is 0 Å². The van der Waals surface area contributed by atoms with Crippen molar-refractivity contribution < 1.29 is 62.2 Å². The first-order valence-corrected chi connectivity index (χ1v) is 14.8. The highest BCUT2D eigenvalue weighted by Crippen LogP contribution is 1.97. The van der Waals surface area contributed by atoms with Crippen LogP contribution in [0.15, 0.2) is 60.7 Å². The van der Waals surface area contributed by atoms with Crippen molar-refractivity contribution in [2.45, 2.75) is 75.1 Å². The normalized spacial score (nSPS) is 10.2. The summed E-state index contributed by atoms with van der Waals surface area (Å²) in [5, 5.41) is 17.8. The van der Waals surface area contributed by atoms with Crippen molar-refractivity contribution in [3.05, 3.63) is 67.8 Å². The van der Waals surface area contributed by atoms with E-state index >= 15 is 0 Å². The number of rotatable bonds is 6. The molecular formula is C26H38I2O4. The molecule has 4 nitrogen and oxygen atoms in total. The molecule has 0 aliphatic carbocycles. The first kappa shape index (κ1) is 33.0. The Morgan fingerprint density at radius 2 is 0.875 bits per heavy atom. The van der Waals surface area contributed by atoms with Crippen LogP contribution < -0.4 is 52.6 Å². The zero-order valence-corrected chi connectivity index (χ0v) is 24.9. The van der Waals surface area contributed by atoms with Gasteiger partial charge in [-0.05, 0) is 78.6 Å². The maximum atomic E-state index is 8.89. The topological polar surface area (TPSA) is 80.3 Å². The predicted octanol–water partition coefficient (Wildman–Crippen LogP) is -2.22. The van der Waals surface area contributed by atoms with Crippen LogP contribution in [0.4, 0.5) is 0 Å². The number of carbonyl (C=O) groups excluding carboxylic acids is 2. The second-order valence-electron chi connectivity index (χ2n) is 7.91. The average molecular weight is 668 g/mol. The van der Waals surface area contributed by atoms with Crippen LogP contribution in [0.1, 0.15) is 68.2 Å². The van der Waals surface area contributed by atoms with E-state index < -0.39 is 11.9 Å². The summed E-state index contributed by atoms with van der Waals surface area (Å²) >= 11 is 0.361. The molecule has 180 valence electrons. The van der Waals surface area contributed by atoms with E-state index in [0.717, 1.165) is 13.8 Å². The third-order valence-electron chi connectivity index (χ3n) is 3.88. The minimum absolute atomic E-state index is 0.180. The second kappa shape index (κ2) is 18.3. The summed E-state index contributed by atoms with van der Waals surface area (Å²) in [7, 11) is 0. The summed E-state index contributed by atoms with van der Waals surface area (Å²) in [5.74, 6) is -2.17. The van der Waals surface area contributed by atoms with Crippen molar-refractivity contribution in [1.82, 2.24) is 0 Å². The lowest BCUT2D eigenvalue weighted by Crippen LogP contribution is -3.67. The molecule has 2 aromatic carbocycles. The quantitative estimate of drug-likeness (QED) is 0.259. The summed E-state index contributed by atoms with van der Waals surface area (Å²) < 4.78 is 4.23. The van der Waals surface area contributed by atoms with Crippen LogP contribution in [0.3, 0.4) is 0 Å². The maximum Gasteiger partial charge on any atom is 0.319 e. The molecule has 0 heterocycles. The molecule has 2 rings (SSSR count). The molecule has 0 saturated carbocycles. The minimum atomic E-state index is -1.08. The molecule has 0 amide bonds. The van der Waals surface area contributed by atoms with Crippen LogP contribution in [0.5, 0.6) is 0 Å². The number of carboxylic acids is 2. The van der Waals surface area contributed by atoms with E-state index in [2.05, 4.69) is 102 Å². The highest BCUT2D eigenvalue weighted by Gasteiger charge is 2.33. The van der Waals surface area contributed by atoms with Gasteiger partial charge in [0, 0.05) is 11.9 Å². The van der Waals surface area contributed by atoms with Gasteiger partial charge in [0.2, 0.25) is 0 Å². The molecular weight excluding hydrogens is 630 g/mol. The van der Waals surface area contributed by atoms with Crippen molar-refractivity contribution in [1.29, 1.82) is 0 Å². The Bertz CT molecular complexity index is 671. The summed E-state index contributed by atoms with van der Waals surface area (Å²) in [6.45, 7) is 16.0. The fraction of sp³-hybridized carbons (Fsp3) is 0.462. The number of aliphatic carboxylic acids is 2. The average Bonchev–Trinajstić information content (AvgIpc) is 2.69. The van der Waals surface area contributed by atoms with Crippen molar-refractivity contribution in [3.8, 4) is 0 Å². The molecule has 32 heavy (non-hydrogen) atoms. The molecule has 0 aromatic heterocycles. The number of hydrogen-bond donors (Lipinski definition) is 0.